The van der Waals surface area contributed by atoms with Crippen molar-refractivity contribution in [2.45, 2.75) is 104 Å². The van der Waals surface area contributed by atoms with Gasteiger partial charge in [-0.3, -0.25) is 34.0 Å². The molecule has 3 N–H and O–H groups in total. The number of fused-ring (bicyclic) bond motifs is 1. The fourth-order valence-corrected chi connectivity index (χ4v) is 9.24. The number of hydrazine groups is 1. The van der Waals surface area contributed by atoms with Crippen molar-refractivity contribution < 1.29 is 51.7 Å². The number of hydrogen-bond donors (Lipinski definition) is 3. The maximum Gasteiger partial charge on any atom is 0.420 e. The van der Waals surface area contributed by atoms with Gasteiger partial charge in [-0.25, -0.2) is 5.43 Å². The quantitative estimate of drug-likeness (QED) is 0.0647. The van der Waals surface area contributed by atoms with Gasteiger partial charge in [0.1, 0.15) is 17.8 Å². The van der Waals surface area contributed by atoms with Crippen molar-refractivity contribution in [1.82, 2.24) is 35.1 Å². The normalized spacial score (nSPS) is 15.5. The summed E-state index contributed by atoms with van der Waals surface area (Å²) in [4.78, 5) is 68.7. The average Bonchev–Trinajstić information content (AvgIpc) is 3.97. The first-order chi connectivity index (χ1) is 32.8. The monoisotopic (exact) mass is 961 g/mol. The lowest BCUT2D eigenvalue weighted by Crippen LogP contribution is -2.58. The number of alkyl halides is 3. The number of phenolic OH excluding ortho intramolecular Hbond substituents is 1. The van der Waals surface area contributed by atoms with E-state index in [4.69, 9.17) is 9.47 Å². The zero-order valence-corrected chi connectivity index (χ0v) is 40.6. The molecule has 0 spiro atoms. The highest BCUT2D eigenvalue weighted by Gasteiger charge is 2.44. The minimum Gasteiger partial charge on any atom is -0.508 e. The van der Waals surface area contributed by atoms with Crippen LogP contribution in [0.5, 0.6) is 5.75 Å². The maximum absolute atomic E-state index is 14.4. The van der Waals surface area contributed by atoms with Crippen molar-refractivity contribution in [2.24, 2.45) is 11.3 Å². The van der Waals surface area contributed by atoms with E-state index in [1.165, 1.54) is 35.3 Å². The topological polar surface area (TPSA) is 176 Å². The zero-order chi connectivity index (χ0) is 50.6. The predicted octanol–water partition coefficient (Wildman–Crippen LogP) is 7.15. The van der Waals surface area contributed by atoms with Gasteiger partial charge in [0.25, 0.3) is 12.4 Å². The number of likely N-dealkylation sites (tertiary alicyclic amines) is 1. The molecule has 18 heteroatoms. The second kappa shape index (κ2) is 23.8. The van der Waals surface area contributed by atoms with Crippen LogP contribution in [0.3, 0.4) is 0 Å². The van der Waals surface area contributed by atoms with Crippen LogP contribution in [-0.4, -0.2) is 125 Å². The summed E-state index contributed by atoms with van der Waals surface area (Å²) in [5.74, 6) is -1.12. The number of benzene rings is 2. The molecule has 0 radical (unpaired) electrons. The lowest BCUT2D eigenvalue weighted by molar-refractivity contribution is -0.217. The number of likely N-dealkylation sites (N-methyl/N-ethyl adjacent to an activating group) is 1. The SMILES string of the molecule is C=CC(=O)N1CCCC1.CCn1c(-c2cccnc2C(OC)C(F)(F)F)c(CC(C)(C)COC=O)c2cc(-c3cc(O)cc(CC(NC(=O)C(C(C)C)N(C)C=O)C(=O)N4CCCCN4)c3)ccc21. The van der Waals surface area contributed by atoms with E-state index in [-0.39, 0.29) is 54.2 Å². The fourth-order valence-electron chi connectivity index (χ4n) is 9.24. The highest BCUT2D eigenvalue weighted by Crippen LogP contribution is 2.44. The second-order valence-corrected chi connectivity index (χ2v) is 18.6. The molecule has 2 fully saturated rings. The molecule has 6 rings (SSSR count). The number of phenols is 1. The van der Waals surface area contributed by atoms with Gasteiger partial charge in [-0.1, -0.05) is 46.4 Å². The van der Waals surface area contributed by atoms with Crippen LogP contribution in [0.1, 0.15) is 83.2 Å². The number of aromatic nitrogens is 2. The Balaban J connectivity index is 0.000000883. The van der Waals surface area contributed by atoms with E-state index in [1.807, 2.05) is 68.4 Å². The average molecular weight is 962 g/mol. The van der Waals surface area contributed by atoms with Gasteiger partial charge in [-0.05, 0) is 110 Å². The van der Waals surface area contributed by atoms with Gasteiger partial charge in [-0.15, -0.1) is 0 Å². The number of carbonyl (C=O) groups excluding carboxylic acids is 5. The molecule has 0 saturated carbocycles. The Morgan fingerprint density at radius 2 is 1.72 bits per heavy atom. The zero-order valence-electron chi connectivity index (χ0n) is 40.6. The van der Waals surface area contributed by atoms with Gasteiger partial charge >= 0.3 is 6.18 Å². The van der Waals surface area contributed by atoms with Crippen LogP contribution >= 0.6 is 0 Å². The van der Waals surface area contributed by atoms with Crippen molar-refractivity contribution in [3.05, 3.63) is 84.2 Å². The highest BCUT2D eigenvalue weighted by atomic mass is 19.4. The molecule has 2 aliphatic heterocycles. The first-order valence-corrected chi connectivity index (χ1v) is 23.3. The number of carbonyl (C=O) groups is 5. The molecule has 3 atom stereocenters. The number of rotatable bonds is 19. The summed E-state index contributed by atoms with van der Waals surface area (Å²) in [5, 5.41) is 16.2. The summed E-state index contributed by atoms with van der Waals surface area (Å²) in [6.45, 7) is 16.4. The van der Waals surface area contributed by atoms with E-state index < -0.39 is 35.7 Å². The van der Waals surface area contributed by atoms with Crippen molar-refractivity contribution in [1.29, 1.82) is 0 Å². The lowest BCUT2D eigenvalue weighted by Gasteiger charge is -2.33. The molecular weight excluding hydrogens is 896 g/mol. The predicted molar refractivity (Wildman–Crippen MR) is 256 cm³/mol. The molecular formula is C51H66F3N7O8. The number of methoxy groups -OCH3 is 1. The molecule has 2 aromatic heterocycles. The first kappa shape index (κ1) is 53.7. The molecule has 3 unspecified atom stereocenters. The number of nitrogens with zero attached hydrogens (tertiary/aromatic N) is 5. The minimum absolute atomic E-state index is 0.0121. The number of pyridine rings is 1. The van der Waals surface area contributed by atoms with E-state index in [9.17, 15) is 42.3 Å². The third kappa shape index (κ3) is 13.3. The number of ether oxygens (including phenoxy) is 2. The number of nitrogens with one attached hydrogen (secondary N) is 2. The van der Waals surface area contributed by atoms with Crippen molar-refractivity contribution in [3.63, 3.8) is 0 Å². The van der Waals surface area contributed by atoms with Gasteiger partial charge in [0.2, 0.25) is 18.2 Å². The summed E-state index contributed by atoms with van der Waals surface area (Å²) in [7, 11) is 2.50. The van der Waals surface area contributed by atoms with Crippen molar-refractivity contribution in [3.8, 4) is 28.1 Å². The fraction of sp³-hybridized carbons (Fsp3) is 0.490. The Labute approximate surface area is 402 Å². The van der Waals surface area contributed by atoms with E-state index in [0.717, 1.165) is 56.8 Å². The number of hydrogen-bond acceptors (Lipinski definition) is 10. The van der Waals surface area contributed by atoms with Crippen LogP contribution in [0.4, 0.5) is 13.2 Å². The summed E-state index contributed by atoms with van der Waals surface area (Å²) in [5.41, 5.74) is 6.13. The Kier molecular flexibility index (Phi) is 18.5. The molecule has 4 heterocycles. The molecule has 2 aromatic carbocycles. The largest absolute Gasteiger partial charge is 0.508 e. The van der Waals surface area contributed by atoms with Crippen LogP contribution in [0.2, 0.25) is 0 Å². The van der Waals surface area contributed by atoms with Crippen LogP contribution < -0.4 is 10.7 Å². The highest BCUT2D eigenvalue weighted by molar-refractivity contribution is 5.96. The number of aryl methyl sites for hydroxylation is 1. The van der Waals surface area contributed by atoms with Crippen LogP contribution in [0.15, 0.2) is 67.4 Å². The standard InChI is InChI=1S/C44H55F3N6O7.C7H11NO/c1-8-52-36-14-13-29(22-33(36)34(23-43(4,5)24-60-26-55)39(52)32-12-11-15-48-37(32)40(59-7)44(45,46)47)30-18-28(19-31(56)21-30)20-35(42(58)53-17-10-9-16-49-53)50-41(57)38(27(2)3)51(6)25-54;1-2-7(9)8-5-3-4-6-8/h11-15,18-19,21-22,25-27,35,38,40,49,56H,8-10,16-17,20,23-24H2,1-7H3,(H,50,57);2H,1,3-6H2. The van der Waals surface area contributed by atoms with Gasteiger partial charge in [0, 0.05) is 81.4 Å². The van der Waals surface area contributed by atoms with E-state index >= 15 is 0 Å². The summed E-state index contributed by atoms with van der Waals surface area (Å²) in [6.07, 6.45) is 0.474. The number of amides is 4. The summed E-state index contributed by atoms with van der Waals surface area (Å²) < 4.78 is 55.3. The lowest BCUT2D eigenvalue weighted by atomic mass is 9.84. The molecule has 374 valence electrons. The molecule has 15 nitrogen and oxygen atoms in total. The molecule has 4 amide bonds. The van der Waals surface area contributed by atoms with Crippen molar-refractivity contribution in [2.75, 3.05) is 46.9 Å². The minimum atomic E-state index is -4.75. The molecule has 69 heavy (non-hydrogen) atoms. The smallest absolute Gasteiger partial charge is 0.420 e. The van der Waals surface area contributed by atoms with Crippen molar-refractivity contribution >= 4 is 41.5 Å². The Hall–Kier alpha value is -6.27. The Bertz CT molecular complexity index is 2440. The number of aromatic hydroxyl groups is 1. The maximum atomic E-state index is 14.4. The third-order valence-corrected chi connectivity index (χ3v) is 12.4. The number of halogens is 3. The first-order valence-electron chi connectivity index (χ1n) is 23.3. The molecule has 4 aromatic rings. The molecule has 0 bridgehead atoms. The van der Waals surface area contributed by atoms with Crippen LogP contribution in [0, 0.1) is 11.3 Å². The van der Waals surface area contributed by atoms with E-state index in [2.05, 4.69) is 22.3 Å². The van der Waals surface area contributed by atoms with Gasteiger partial charge in [-0.2, -0.15) is 13.2 Å². The third-order valence-electron chi connectivity index (χ3n) is 12.4. The molecule has 2 saturated heterocycles. The van der Waals surface area contributed by atoms with Gasteiger partial charge in [0.15, 0.2) is 6.10 Å². The van der Waals surface area contributed by atoms with Gasteiger partial charge in [0.05, 0.1) is 18.0 Å². The Morgan fingerprint density at radius 1 is 1.01 bits per heavy atom. The van der Waals surface area contributed by atoms with Gasteiger partial charge < -0.3 is 34.3 Å². The second-order valence-electron chi connectivity index (χ2n) is 18.6. The molecule has 2 aliphatic rings. The van der Waals surface area contributed by atoms with Crippen LogP contribution in [-0.2, 0) is 52.8 Å². The summed E-state index contributed by atoms with van der Waals surface area (Å²) >= 11 is 0. The summed E-state index contributed by atoms with van der Waals surface area (Å²) in [6, 6.07) is 11.8. The van der Waals surface area contributed by atoms with E-state index in [1.54, 1.807) is 18.2 Å². The van der Waals surface area contributed by atoms with Crippen LogP contribution in [0.25, 0.3) is 33.3 Å². The van der Waals surface area contributed by atoms with E-state index in [0.29, 0.717) is 60.5 Å². The molecule has 0 aliphatic carbocycles. The Morgan fingerprint density at radius 3 is 2.32 bits per heavy atom.